The summed E-state index contributed by atoms with van der Waals surface area (Å²) < 4.78 is 5.01. The minimum atomic E-state index is -0.415. The van der Waals surface area contributed by atoms with Crippen molar-refractivity contribution in [1.29, 1.82) is 0 Å². The van der Waals surface area contributed by atoms with E-state index in [0.29, 0.717) is 5.75 Å². The van der Waals surface area contributed by atoms with Crippen molar-refractivity contribution in [3.05, 3.63) is 23.8 Å². The van der Waals surface area contributed by atoms with Gasteiger partial charge in [-0.05, 0) is 17.7 Å². The summed E-state index contributed by atoms with van der Waals surface area (Å²) >= 11 is 0. The summed E-state index contributed by atoms with van der Waals surface area (Å²) in [5.41, 5.74) is 6.47. The van der Waals surface area contributed by atoms with E-state index in [1.807, 2.05) is 13.8 Å². The van der Waals surface area contributed by atoms with E-state index in [9.17, 15) is 10.2 Å². The topological polar surface area (TPSA) is 75.7 Å². The Balaban J connectivity index is 3.05. The van der Waals surface area contributed by atoms with E-state index in [2.05, 4.69) is 0 Å². The minimum absolute atomic E-state index is 0.00262. The van der Waals surface area contributed by atoms with Crippen LogP contribution in [-0.2, 0) is 0 Å². The lowest BCUT2D eigenvalue weighted by atomic mass is 9.82. The first-order chi connectivity index (χ1) is 7.42. The van der Waals surface area contributed by atoms with Gasteiger partial charge in [-0.1, -0.05) is 19.9 Å². The van der Waals surface area contributed by atoms with E-state index in [1.54, 1.807) is 18.2 Å². The number of hydrogen-bond donors (Lipinski definition) is 3. The van der Waals surface area contributed by atoms with Crippen LogP contribution in [0.2, 0.25) is 0 Å². The maximum atomic E-state index is 9.46. The highest BCUT2D eigenvalue weighted by atomic mass is 16.5. The second kappa shape index (κ2) is 4.72. The van der Waals surface area contributed by atoms with Crippen LogP contribution in [0.3, 0.4) is 0 Å². The van der Waals surface area contributed by atoms with Crippen molar-refractivity contribution in [2.24, 2.45) is 11.1 Å². The molecular formula is C12H19NO3. The highest BCUT2D eigenvalue weighted by Crippen LogP contribution is 2.35. The smallest absolute Gasteiger partial charge is 0.160 e. The first-order valence-electron chi connectivity index (χ1n) is 5.15. The molecule has 0 aromatic heterocycles. The summed E-state index contributed by atoms with van der Waals surface area (Å²) in [6.45, 7) is 3.77. The molecule has 1 aromatic carbocycles. The highest BCUT2D eigenvalue weighted by Gasteiger charge is 2.27. The predicted octanol–water partition coefficient (Wildman–Crippen LogP) is 1.42. The lowest BCUT2D eigenvalue weighted by Crippen LogP contribution is -2.32. The van der Waals surface area contributed by atoms with Gasteiger partial charge in [-0.15, -0.1) is 0 Å². The Labute approximate surface area is 95.7 Å². The monoisotopic (exact) mass is 225 g/mol. The Morgan fingerprint density at radius 2 is 2.06 bits per heavy atom. The molecule has 0 amide bonds. The molecule has 0 aliphatic carbocycles. The summed E-state index contributed by atoms with van der Waals surface area (Å²) in [7, 11) is 1.49. The zero-order chi connectivity index (χ0) is 12.3. The summed E-state index contributed by atoms with van der Waals surface area (Å²) in [6.07, 6.45) is 0. The van der Waals surface area contributed by atoms with Crippen molar-refractivity contribution < 1.29 is 14.9 Å². The fourth-order valence-corrected chi connectivity index (χ4v) is 1.44. The van der Waals surface area contributed by atoms with E-state index >= 15 is 0 Å². The van der Waals surface area contributed by atoms with Gasteiger partial charge >= 0.3 is 0 Å². The molecule has 1 rings (SSSR count). The molecule has 0 radical (unpaired) electrons. The largest absolute Gasteiger partial charge is 0.504 e. The molecule has 0 bridgehead atoms. The van der Waals surface area contributed by atoms with Gasteiger partial charge in [0.05, 0.1) is 7.11 Å². The van der Waals surface area contributed by atoms with Gasteiger partial charge in [-0.3, -0.25) is 0 Å². The van der Waals surface area contributed by atoms with Gasteiger partial charge in [-0.25, -0.2) is 0 Å². The Kier molecular flexibility index (Phi) is 3.78. The zero-order valence-electron chi connectivity index (χ0n) is 9.90. The summed E-state index contributed by atoms with van der Waals surface area (Å²) in [6, 6.07) is 4.66. The molecule has 4 heteroatoms. The Bertz CT molecular complexity index is 363. The fraction of sp³-hybridized carbons (Fsp3) is 0.500. The number of phenols is 1. The average molecular weight is 225 g/mol. The van der Waals surface area contributed by atoms with Crippen molar-refractivity contribution in [3.63, 3.8) is 0 Å². The molecular weight excluding hydrogens is 206 g/mol. The third-order valence-corrected chi connectivity index (χ3v) is 2.81. The van der Waals surface area contributed by atoms with Gasteiger partial charge in [-0.2, -0.15) is 0 Å². The van der Waals surface area contributed by atoms with E-state index in [1.165, 1.54) is 7.11 Å². The Morgan fingerprint density at radius 3 is 2.56 bits per heavy atom. The SMILES string of the molecule is COc1cc([C@@H](N)C(C)(C)CO)ccc1O. The van der Waals surface area contributed by atoms with Crippen LogP contribution < -0.4 is 10.5 Å². The number of ether oxygens (including phenoxy) is 1. The number of aromatic hydroxyl groups is 1. The van der Waals surface area contributed by atoms with Gasteiger partial charge in [0.25, 0.3) is 0 Å². The molecule has 4 nitrogen and oxygen atoms in total. The van der Waals surface area contributed by atoms with Gasteiger partial charge in [0, 0.05) is 18.1 Å². The number of aliphatic hydroxyl groups is 1. The first-order valence-corrected chi connectivity index (χ1v) is 5.15. The molecule has 0 heterocycles. The number of rotatable bonds is 4. The van der Waals surface area contributed by atoms with E-state index in [-0.39, 0.29) is 18.4 Å². The molecule has 0 unspecified atom stereocenters. The second-order valence-corrected chi connectivity index (χ2v) is 4.56. The van der Waals surface area contributed by atoms with Gasteiger partial charge in [0.1, 0.15) is 0 Å². The molecule has 0 saturated carbocycles. The summed E-state index contributed by atoms with van der Waals surface area (Å²) in [4.78, 5) is 0. The molecule has 0 aliphatic heterocycles. The first kappa shape index (κ1) is 12.8. The quantitative estimate of drug-likeness (QED) is 0.724. The molecule has 1 atom stereocenters. The fourth-order valence-electron chi connectivity index (χ4n) is 1.44. The molecule has 0 spiro atoms. The highest BCUT2D eigenvalue weighted by molar-refractivity contribution is 5.43. The van der Waals surface area contributed by atoms with Crippen molar-refractivity contribution in [2.75, 3.05) is 13.7 Å². The van der Waals surface area contributed by atoms with Crippen LogP contribution in [0.15, 0.2) is 18.2 Å². The lowest BCUT2D eigenvalue weighted by Gasteiger charge is -2.30. The molecule has 90 valence electrons. The molecule has 4 N–H and O–H groups in total. The van der Waals surface area contributed by atoms with Crippen LogP contribution in [0.1, 0.15) is 25.5 Å². The van der Waals surface area contributed by atoms with Crippen LogP contribution in [0.5, 0.6) is 11.5 Å². The van der Waals surface area contributed by atoms with Gasteiger partial charge in [0.2, 0.25) is 0 Å². The Hall–Kier alpha value is -1.26. The minimum Gasteiger partial charge on any atom is -0.504 e. The van der Waals surface area contributed by atoms with Crippen molar-refractivity contribution >= 4 is 0 Å². The van der Waals surface area contributed by atoms with E-state index < -0.39 is 5.41 Å². The van der Waals surface area contributed by atoms with Crippen LogP contribution in [0, 0.1) is 5.41 Å². The standard InChI is InChI=1S/C12H19NO3/c1-12(2,7-14)11(13)8-4-5-9(15)10(6-8)16-3/h4-6,11,14-15H,7,13H2,1-3H3/t11-/m1/s1. The normalized spacial score (nSPS) is 13.6. The molecule has 0 aliphatic rings. The van der Waals surface area contributed by atoms with Crippen molar-refractivity contribution in [2.45, 2.75) is 19.9 Å². The number of nitrogens with two attached hydrogens (primary N) is 1. The van der Waals surface area contributed by atoms with Crippen LogP contribution >= 0.6 is 0 Å². The molecule has 16 heavy (non-hydrogen) atoms. The van der Waals surface area contributed by atoms with E-state index in [4.69, 9.17) is 10.5 Å². The number of phenolic OH excluding ortho intramolecular Hbond substituents is 1. The zero-order valence-corrected chi connectivity index (χ0v) is 9.90. The van der Waals surface area contributed by atoms with Gasteiger partial charge < -0.3 is 20.7 Å². The number of hydrogen-bond acceptors (Lipinski definition) is 4. The molecule has 0 fully saturated rings. The van der Waals surface area contributed by atoms with Crippen LogP contribution in [0.4, 0.5) is 0 Å². The number of aliphatic hydroxyl groups excluding tert-OH is 1. The molecule has 1 aromatic rings. The van der Waals surface area contributed by atoms with Crippen LogP contribution in [-0.4, -0.2) is 23.9 Å². The third kappa shape index (κ3) is 2.46. The lowest BCUT2D eigenvalue weighted by molar-refractivity contribution is 0.132. The Morgan fingerprint density at radius 1 is 1.44 bits per heavy atom. The average Bonchev–Trinajstić information content (AvgIpc) is 2.28. The van der Waals surface area contributed by atoms with Crippen molar-refractivity contribution in [1.82, 2.24) is 0 Å². The van der Waals surface area contributed by atoms with Crippen molar-refractivity contribution in [3.8, 4) is 11.5 Å². The third-order valence-electron chi connectivity index (χ3n) is 2.81. The van der Waals surface area contributed by atoms with E-state index in [0.717, 1.165) is 5.56 Å². The van der Waals surface area contributed by atoms with Gasteiger partial charge in [0.15, 0.2) is 11.5 Å². The number of methoxy groups -OCH3 is 1. The molecule has 0 saturated heterocycles. The van der Waals surface area contributed by atoms with Crippen LogP contribution in [0.25, 0.3) is 0 Å². The maximum absolute atomic E-state index is 9.46. The summed E-state index contributed by atoms with van der Waals surface area (Å²) in [5, 5.41) is 18.7. The number of benzene rings is 1. The summed E-state index contributed by atoms with van der Waals surface area (Å²) in [5.74, 6) is 0.474. The second-order valence-electron chi connectivity index (χ2n) is 4.56. The predicted molar refractivity (Wildman–Crippen MR) is 62.5 cm³/mol. The maximum Gasteiger partial charge on any atom is 0.160 e.